The molecule has 0 saturated heterocycles. The van der Waals surface area contributed by atoms with Gasteiger partial charge in [-0.2, -0.15) is 0 Å². The van der Waals surface area contributed by atoms with E-state index in [2.05, 4.69) is 10.0 Å². The van der Waals surface area contributed by atoms with Crippen LogP contribution < -0.4 is 10.0 Å². The fourth-order valence-electron chi connectivity index (χ4n) is 2.49. The molecule has 0 aliphatic rings. The van der Waals surface area contributed by atoms with Gasteiger partial charge in [0.05, 0.1) is 9.77 Å². The molecule has 0 saturated carbocycles. The molecule has 26 heavy (non-hydrogen) atoms. The molecule has 0 spiro atoms. The van der Waals surface area contributed by atoms with Gasteiger partial charge in [0.25, 0.3) is 15.9 Å². The zero-order valence-electron chi connectivity index (χ0n) is 14.3. The number of hydrogen-bond donors (Lipinski definition) is 2. The maximum atomic E-state index is 12.8. The molecule has 2 N–H and O–H groups in total. The lowest BCUT2D eigenvalue weighted by Gasteiger charge is -2.13. The molecule has 0 fully saturated rings. The SMILES string of the molecule is Cc1cccc(NS(=O)(=O)c2cc(NC(=O)c3cccs3)ccc2C)c1. The Morgan fingerprint density at radius 1 is 0.962 bits per heavy atom. The van der Waals surface area contributed by atoms with Gasteiger partial charge in [-0.1, -0.05) is 24.3 Å². The minimum Gasteiger partial charge on any atom is -0.321 e. The van der Waals surface area contributed by atoms with Crippen molar-refractivity contribution in [1.29, 1.82) is 0 Å². The summed E-state index contributed by atoms with van der Waals surface area (Å²) in [5.41, 5.74) is 2.48. The van der Waals surface area contributed by atoms with E-state index in [1.165, 1.54) is 17.4 Å². The van der Waals surface area contributed by atoms with Gasteiger partial charge in [-0.25, -0.2) is 8.42 Å². The molecule has 134 valence electrons. The van der Waals surface area contributed by atoms with Crippen LogP contribution in [0.1, 0.15) is 20.8 Å². The van der Waals surface area contributed by atoms with Crippen molar-refractivity contribution in [3.8, 4) is 0 Å². The molecular formula is C19H18N2O3S2. The summed E-state index contributed by atoms with van der Waals surface area (Å²) in [6.45, 7) is 3.61. The third-order valence-corrected chi connectivity index (χ3v) is 6.14. The van der Waals surface area contributed by atoms with Crippen LogP contribution in [0.25, 0.3) is 0 Å². The maximum absolute atomic E-state index is 12.8. The van der Waals surface area contributed by atoms with Gasteiger partial charge >= 0.3 is 0 Å². The molecule has 0 aliphatic heterocycles. The van der Waals surface area contributed by atoms with E-state index in [-0.39, 0.29) is 10.8 Å². The number of thiophene rings is 1. The summed E-state index contributed by atoms with van der Waals surface area (Å²) in [4.78, 5) is 12.9. The lowest BCUT2D eigenvalue weighted by molar-refractivity contribution is 0.103. The Balaban J connectivity index is 1.88. The second-order valence-electron chi connectivity index (χ2n) is 5.89. The first kappa shape index (κ1) is 18.2. The Labute approximate surface area is 156 Å². The zero-order valence-corrected chi connectivity index (χ0v) is 15.9. The predicted molar refractivity (Wildman–Crippen MR) is 105 cm³/mol. The number of hydrogen-bond acceptors (Lipinski definition) is 4. The quantitative estimate of drug-likeness (QED) is 0.682. The number of benzene rings is 2. The lowest BCUT2D eigenvalue weighted by Crippen LogP contribution is -2.16. The summed E-state index contributed by atoms with van der Waals surface area (Å²) in [5.74, 6) is -0.265. The van der Waals surface area contributed by atoms with Gasteiger partial charge in [0.15, 0.2) is 0 Å². The minimum absolute atomic E-state index is 0.128. The highest BCUT2D eigenvalue weighted by molar-refractivity contribution is 7.92. The van der Waals surface area contributed by atoms with Gasteiger partial charge in [0.1, 0.15) is 0 Å². The number of carbonyl (C=O) groups is 1. The van der Waals surface area contributed by atoms with E-state index in [4.69, 9.17) is 0 Å². The highest BCUT2D eigenvalue weighted by Gasteiger charge is 2.18. The van der Waals surface area contributed by atoms with Crippen LogP contribution in [0.5, 0.6) is 0 Å². The Kier molecular flexibility index (Phi) is 5.11. The highest BCUT2D eigenvalue weighted by Crippen LogP contribution is 2.24. The summed E-state index contributed by atoms with van der Waals surface area (Å²) in [7, 11) is -3.77. The summed E-state index contributed by atoms with van der Waals surface area (Å²) in [5, 5.41) is 4.55. The molecule has 5 nitrogen and oxygen atoms in total. The van der Waals surface area contributed by atoms with Gasteiger partial charge in [-0.15, -0.1) is 11.3 Å². The Morgan fingerprint density at radius 2 is 1.77 bits per heavy atom. The average molecular weight is 386 g/mol. The van der Waals surface area contributed by atoms with Gasteiger partial charge in [0.2, 0.25) is 0 Å². The van der Waals surface area contributed by atoms with Crippen molar-refractivity contribution in [3.05, 3.63) is 76.0 Å². The van der Waals surface area contributed by atoms with Gasteiger partial charge in [-0.3, -0.25) is 9.52 Å². The van der Waals surface area contributed by atoms with Crippen molar-refractivity contribution < 1.29 is 13.2 Å². The van der Waals surface area contributed by atoms with Crippen LogP contribution in [-0.4, -0.2) is 14.3 Å². The fraction of sp³-hybridized carbons (Fsp3) is 0.105. The summed E-state index contributed by atoms with van der Waals surface area (Å²) in [6, 6.07) is 15.5. The third-order valence-electron chi connectivity index (χ3n) is 3.75. The average Bonchev–Trinajstić information content (AvgIpc) is 3.10. The molecule has 0 unspecified atom stereocenters. The van der Waals surface area contributed by atoms with Crippen molar-refractivity contribution >= 4 is 38.6 Å². The van der Waals surface area contributed by atoms with Crippen LogP contribution in [0.4, 0.5) is 11.4 Å². The molecule has 3 aromatic rings. The molecule has 1 heterocycles. The second-order valence-corrected chi connectivity index (χ2v) is 8.49. The molecule has 1 amide bonds. The third kappa shape index (κ3) is 4.12. The van der Waals surface area contributed by atoms with Crippen LogP contribution in [0.15, 0.2) is 64.9 Å². The van der Waals surface area contributed by atoms with Crippen molar-refractivity contribution in [2.45, 2.75) is 18.7 Å². The number of carbonyl (C=O) groups excluding carboxylic acids is 1. The van der Waals surface area contributed by atoms with Gasteiger partial charge in [0, 0.05) is 11.4 Å². The van der Waals surface area contributed by atoms with Crippen LogP contribution in [0.3, 0.4) is 0 Å². The number of nitrogens with one attached hydrogen (secondary N) is 2. The van der Waals surface area contributed by atoms with Crippen molar-refractivity contribution in [1.82, 2.24) is 0 Å². The van der Waals surface area contributed by atoms with Crippen LogP contribution in [0.2, 0.25) is 0 Å². The van der Waals surface area contributed by atoms with Crippen LogP contribution in [-0.2, 0) is 10.0 Å². The standard InChI is InChI=1S/C19H18N2O3S2/c1-13-5-3-6-16(11-13)21-26(23,24)18-12-15(9-8-14(18)2)20-19(22)17-7-4-10-25-17/h3-12,21H,1-2H3,(H,20,22). The van der Waals surface area contributed by atoms with Gasteiger partial charge < -0.3 is 5.32 Å². The predicted octanol–water partition coefficient (Wildman–Crippen LogP) is 4.42. The fourth-order valence-corrected chi connectivity index (χ4v) is 4.43. The Bertz CT molecular complexity index is 1040. The largest absolute Gasteiger partial charge is 0.321 e. The first-order valence-corrected chi connectivity index (χ1v) is 10.3. The van der Waals surface area contributed by atoms with E-state index in [0.29, 0.717) is 21.8 Å². The maximum Gasteiger partial charge on any atom is 0.265 e. The van der Waals surface area contributed by atoms with E-state index >= 15 is 0 Å². The second kappa shape index (κ2) is 7.31. The topological polar surface area (TPSA) is 75.3 Å². The van der Waals surface area contributed by atoms with Crippen molar-refractivity contribution in [3.63, 3.8) is 0 Å². The number of aryl methyl sites for hydroxylation is 2. The zero-order chi connectivity index (χ0) is 18.7. The molecular weight excluding hydrogens is 368 g/mol. The first-order valence-electron chi connectivity index (χ1n) is 7.90. The molecule has 0 aliphatic carbocycles. The van der Waals surface area contributed by atoms with E-state index in [1.807, 2.05) is 18.4 Å². The smallest absolute Gasteiger partial charge is 0.265 e. The van der Waals surface area contributed by atoms with Crippen LogP contribution in [0, 0.1) is 13.8 Å². The number of sulfonamides is 1. The van der Waals surface area contributed by atoms with Gasteiger partial charge in [-0.05, 0) is 60.7 Å². The van der Waals surface area contributed by atoms with Crippen LogP contribution >= 0.6 is 11.3 Å². The summed E-state index contributed by atoms with van der Waals surface area (Å²) in [6.07, 6.45) is 0. The number of anilines is 2. The molecule has 0 radical (unpaired) electrons. The molecule has 3 rings (SSSR count). The number of amides is 1. The Hall–Kier alpha value is -2.64. The van der Waals surface area contributed by atoms with Crippen molar-refractivity contribution in [2.24, 2.45) is 0 Å². The summed E-state index contributed by atoms with van der Waals surface area (Å²) >= 11 is 1.32. The molecule has 2 aromatic carbocycles. The highest BCUT2D eigenvalue weighted by atomic mass is 32.2. The Morgan fingerprint density at radius 3 is 2.46 bits per heavy atom. The van der Waals surface area contributed by atoms with E-state index in [0.717, 1.165) is 5.56 Å². The molecule has 0 bridgehead atoms. The van der Waals surface area contributed by atoms with Crippen molar-refractivity contribution in [2.75, 3.05) is 10.0 Å². The lowest BCUT2D eigenvalue weighted by atomic mass is 10.2. The minimum atomic E-state index is -3.77. The molecule has 1 aromatic heterocycles. The number of rotatable bonds is 5. The molecule has 0 atom stereocenters. The summed E-state index contributed by atoms with van der Waals surface area (Å²) < 4.78 is 28.1. The monoisotopic (exact) mass is 386 g/mol. The van der Waals surface area contributed by atoms with E-state index < -0.39 is 10.0 Å². The first-order chi connectivity index (χ1) is 12.3. The normalized spacial score (nSPS) is 11.2. The van der Waals surface area contributed by atoms with E-state index in [1.54, 1.807) is 49.4 Å². The molecule has 7 heteroatoms. The van der Waals surface area contributed by atoms with E-state index in [9.17, 15) is 13.2 Å².